The minimum absolute atomic E-state index is 0.0344. The first-order valence-electron chi connectivity index (χ1n) is 14.2. The summed E-state index contributed by atoms with van der Waals surface area (Å²) >= 11 is 0. The van der Waals surface area contributed by atoms with Gasteiger partial charge < -0.3 is 24.4 Å². The van der Waals surface area contributed by atoms with Gasteiger partial charge in [-0.1, -0.05) is 0 Å². The van der Waals surface area contributed by atoms with Crippen molar-refractivity contribution in [3.63, 3.8) is 0 Å². The van der Waals surface area contributed by atoms with E-state index >= 15 is 0 Å². The molecule has 1 unspecified atom stereocenters. The summed E-state index contributed by atoms with van der Waals surface area (Å²) in [4.78, 5) is 32.0. The maximum absolute atomic E-state index is 13.4. The molecule has 2 heterocycles. The van der Waals surface area contributed by atoms with Crippen LogP contribution in [0.1, 0.15) is 66.8 Å². The molecule has 0 radical (unpaired) electrons. The highest BCUT2D eigenvalue weighted by Gasteiger charge is 2.42. The SMILES string of the molecule is COc1ccc(C(=O)N(CC(F)(F)F)C2CC2)c(N2CCC(COc3cc(C(CC(=O)O)C4CC4)ccn3)CC2)c1. The molecule has 8 nitrogen and oxygen atoms in total. The Morgan fingerprint density at radius 3 is 2.44 bits per heavy atom. The fourth-order valence-electron chi connectivity index (χ4n) is 5.70. The van der Waals surface area contributed by atoms with E-state index in [-0.39, 0.29) is 29.9 Å². The van der Waals surface area contributed by atoms with Gasteiger partial charge in [0.1, 0.15) is 12.3 Å². The Balaban J connectivity index is 1.22. The molecule has 1 aromatic carbocycles. The summed E-state index contributed by atoms with van der Waals surface area (Å²) in [7, 11) is 1.52. The van der Waals surface area contributed by atoms with Crippen molar-refractivity contribution in [2.45, 2.75) is 63.1 Å². The largest absolute Gasteiger partial charge is 0.497 e. The average molecular weight is 576 g/mol. The molecule has 1 atom stereocenters. The molecule has 3 aliphatic rings. The number of ether oxygens (including phenoxy) is 2. The van der Waals surface area contributed by atoms with Crippen LogP contribution in [0.3, 0.4) is 0 Å². The summed E-state index contributed by atoms with van der Waals surface area (Å²) in [5.41, 5.74) is 1.78. The molecule has 3 fully saturated rings. The number of aliphatic carboxylic acids is 1. The van der Waals surface area contributed by atoms with Crippen molar-refractivity contribution < 1.29 is 37.3 Å². The lowest BCUT2D eigenvalue weighted by Crippen LogP contribution is -2.42. The summed E-state index contributed by atoms with van der Waals surface area (Å²) < 4.78 is 51.2. The van der Waals surface area contributed by atoms with E-state index in [0.717, 1.165) is 36.1 Å². The molecule has 5 rings (SSSR count). The number of hydrogen-bond acceptors (Lipinski definition) is 6. The zero-order chi connectivity index (χ0) is 29.1. The molecule has 1 aliphatic heterocycles. The molecule has 41 heavy (non-hydrogen) atoms. The second-order valence-corrected chi connectivity index (χ2v) is 11.4. The van der Waals surface area contributed by atoms with E-state index in [1.54, 1.807) is 24.4 Å². The van der Waals surface area contributed by atoms with E-state index in [4.69, 9.17) is 9.47 Å². The Kier molecular flexibility index (Phi) is 8.60. The second-order valence-electron chi connectivity index (χ2n) is 11.4. The van der Waals surface area contributed by atoms with Crippen molar-refractivity contribution in [2.24, 2.45) is 11.8 Å². The second kappa shape index (κ2) is 12.2. The average Bonchev–Trinajstić information content (AvgIpc) is 3.87. The van der Waals surface area contributed by atoms with Gasteiger partial charge in [-0.25, -0.2) is 4.98 Å². The van der Waals surface area contributed by atoms with Gasteiger partial charge in [-0.3, -0.25) is 9.59 Å². The van der Waals surface area contributed by atoms with Crippen LogP contribution in [0.5, 0.6) is 11.6 Å². The summed E-state index contributed by atoms with van der Waals surface area (Å²) in [6.45, 7) is 0.413. The van der Waals surface area contributed by atoms with Crippen molar-refractivity contribution in [3.05, 3.63) is 47.7 Å². The number of benzene rings is 1. The number of carboxylic acids is 1. The molecule has 1 N–H and O–H groups in total. The van der Waals surface area contributed by atoms with Gasteiger partial charge in [-0.2, -0.15) is 13.2 Å². The Labute approximate surface area is 237 Å². The Morgan fingerprint density at radius 1 is 1.10 bits per heavy atom. The van der Waals surface area contributed by atoms with Crippen LogP contribution in [-0.2, 0) is 4.79 Å². The number of hydrogen-bond donors (Lipinski definition) is 1. The number of rotatable bonds is 12. The number of carboxylic acid groups (broad SMARTS) is 1. The lowest BCUT2D eigenvalue weighted by molar-refractivity contribution is -0.141. The third-order valence-corrected chi connectivity index (χ3v) is 8.23. The van der Waals surface area contributed by atoms with E-state index in [0.29, 0.717) is 55.8 Å². The summed E-state index contributed by atoms with van der Waals surface area (Å²) in [5, 5.41) is 9.32. The van der Waals surface area contributed by atoms with Gasteiger partial charge in [0.05, 0.1) is 31.4 Å². The fraction of sp³-hybridized carbons (Fsp3) is 0.567. The molecule has 222 valence electrons. The number of methoxy groups -OCH3 is 1. The summed E-state index contributed by atoms with van der Waals surface area (Å²) in [6, 6.07) is 8.24. The van der Waals surface area contributed by atoms with Crippen LogP contribution in [0, 0.1) is 11.8 Å². The normalized spacial score (nSPS) is 18.6. The van der Waals surface area contributed by atoms with Gasteiger partial charge in [0, 0.05) is 37.5 Å². The van der Waals surface area contributed by atoms with Gasteiger partial charge in [0.15, 0.2) is 0 Å². The monoisotopic (exact) mass is 575 g/mol. The van der Waals surface area contributed by atoms with Crippen LogP contribution in [0.15, 0.2) is 36.5 Å². The van der Waals surface area contributed by atoms with Gasteiger partial charge >= 0.3 is 12.1 Å². The van der Waals surface area contributed by atoms with E-state index in [2.05, 4.69) is 4.98 Å². The Bertz CT molecular complexity index is 1240. The standard InChI is InChI=1S/C30H36F3N3O5/c1-40-23-6-7-24(29(39)36(22-4-5-22)18-30(31,32)33)26(15-23)35-12-9-19(10-13-35)17-41-27-14-21(8-11-34-27)25(16-28(37)38)20-2-3-20/h6-8,11,14-15,19-20,22,25H,2-5,9-10,12-13,16-18H2,1H3,(H,37,38). The van der Waals surface area contributed by atoms with Gasteiger partial charge in [0.2, 0.25) is 5.88 Å². The highest BCUT2D eigenvalue weighted by atomic mass is 19.4. The van der Waals surface area contributed by atoms with E-state index in [1.165, 1.54) is 7.11 Å². The topological polar surface area (TPSA) is 92.2 Å². The number of alkyl halides is 3. The number of aromatic nitrogens is 1. The first-order chi connectivity index (χ1) is 19.6. The first-order valence-corrected chi connectivity index (χ1v) is 14.2. The molecule has 1 amide bonds. The number of carbonyl (C=O) groups is 2. The van der Waals surface area contributed by atoms with Gasteiger partial charge in [0.25, 0.3) is 5.91 Å². The fourth-order valence-corrected chi connectivity index (χ4v) is 5.70. The van der Waals surface area contributed by atoms with E-state index < -0.39 is 24.6 Å². The zero-order valence-corrected chi connectivity index (χ0v) is 23.1. The minimum atomic E-state index is -4.47. The molecule has 11 heteroatoms. The number of halogens is 3. The van der Waals surface area contributed by atoms with Crippen LogP contribution < -0.4 is 14.4 Å². The van der Waals surface area contributed by atoms with Crippen molar-refractivity contribution in [2.75, 3.05) is 38.3 Å². The molecule has 2 aromatic rings. The molecule has 1 saturated heterocycles. The van der Waals surface area contributed by atoms with E-state index in [1.807, 2.05) is 17.0 Å². The maximum Gasteiger partial charge on any atom is 0.406 e. The predicted molar refractivity (Wildman–Crippen MR) is 145 cm³/mol. The number of pyridine rings is 1. The summed E-state index contributed by atoms with van der Waals surface area (Å²) in [6.07, 6.45) is 2.06. The quantitative estimate of drug-likeness (QED) is 0.356. The number of nitrogens with zero attached hydrogens (tertiary/aromatic N) is 3. The smallest absolute Gasteiger partial charge is 0.406 e. The maximum atomic E-state index is 13.4. The molecule has 1 aromatic heterocycles. The van der Waals surface area contributed by atoms with Crippen LogP contribution in [0.25, 0.3) is 0 Å². The van der Waals surface area contributed by atoms with Gasteiger partial charge in [-0.05, 0) is 80.0 Å². The van der Waals surface area contributed by atoms with Crippen LogP contribution in [0.4, 0.5) is 18.9 Å². The third kappa shape index (κ3) is 7.62. The number of piperidine rings is 1. The third-order valence-electron chi connectivity index (χ3n) is 8.23. The molecule has 2 aliphatic carbocycles. The first kappa shape index (κ1) is 29.0. The highest BCUT2D eigenvalue weighted by Crippen LogP contribution is 2.45. The Morgan fingerprint density at radius 2 is 1.83 bits per heavy atom. The van der Waals surface area contributed by atoms with Crippen molar-refractivity contribution in [3.8, 4) is 11.6 Å². The van der Waals surface area contributed by atoms with Crippen LogP contribution in [-0.4, -0.2) is 72.4 Å². The van der Waals surface area contributed by atoms with Crippen molar-refractivity contribution in [1.82, 2.24) is 9.88 Å². The predicted octanol–water partition coefficient (Wildman–Crippen LogP) is 5.52. The zero-order valence-electron chi connectivity index (χ0n) is 23.1. The number of amides is 1. The molecule has 2 saturated carbocycles. The van der Waals surface area contributed by atoms with Gasteiger partial charge in [-0.15, -0.1) is 0 Å². The lowest BCUT2D eigenvalue weighted by atomic mass is 9.92. The molecular formula is C30H36F3N3O5. The molecular weight excluding hydrogens is 539 g/mol. The number of anilines is 1. The number of carbonyl (C=O) groups excluding carboxylic acids is 1. The van der Waals surface area contributed by atoms with Crippen molar-refractivity contribution >= 4 is 17.6 Å². The van der Waals surface area contributed by atoms with Crippen LogP contribution >= 0.6 is 0 Å². The minimum Gasteiger partial charge on any atom is -0.497 e. The highest BCUT2D eigenvalue weighted by molar-refractivity contribution is 6.00. The van der Waals surface area contributed by atoms with Crippen molar-refractivity contribution in [1.29, 1.82) is 0 Å². The summed E-state index contributed by atoms with van der Waals surface area (Å²) in [5.74, 6) is 0.186. The molecule has 0 spiro atoms. The van der Waals surface area contributed by atoms with E-state index in [9.17, 15) is 27.9 Å². The molecule has 0 bridgehead atoms. The van der Waals surface area contributed by atoms with Crippen LogP contribution in [0.2, 0.25) is 0 Å². The Hall–Kier alpha value is -3.50. The lowest BCUT2D eigenvalue weighted by Gasteiger charge is -2.35.